The SMILES string of the molecule is COC(=O)CCOc1c(Br)cc(CNC(C)C)cc1Br. The second-order valence-corrected chi connectivity index (χ2v) is 6.31. The van der Waals surface area contributed by atoms with Crippen LogP contribution in [0.2, 0.25) is 0 Å². The highest BCUT2D eigenvalue weighted by Gasteiger charge is 2.10. The number of esters is 1. The molecule has 0 heterocycles. The van der Waals surface area contributed by atoms with Crippen LogP contribution in [0.3, 0.4) is 0 Å². The number of carbonyl (C=O) groups excluding carboxylic acids is 1. The summed E-state index contributed by atoms with van der Waals surface area (Å²) in [6.07, 6.45) is 0.228. The number of nitrogens with one attached hydrogen (secondary N) is 1. The minimum atomic E-state index is -0.282. The number of hydrogen-bond donors (Lipinski definition) is 1. The Morgan fingerprint density at radius 2 is 1.90 bits per heavy atom. The summed E-state index contributed by atoms with van der Waals surface area (Å²) in [5.74, 6) is 0.414. The Morgan fingerprint density at radius 1 is 1.30 bits per heavy atom. The van der Waals surface area contributed by atoms with Crippen LogP contribution in [0.25, 0.3) is 0 Å². The van der Waals surface area contributed by atoms with Gasteiger partial charge in [0.2, 0.25) is 0 Å². The number of methoxy groups -OCH3 is 1. The average molecular weight is 409 g/mol. The van der Waals surface area contributed by atoms with E-state index < -0.39 is 0 Å². The van der Waals surface area contributed by atoms with Gasteiger partial charge >= 0.3 is 5.97 Å². The van der Waals surface area contributed by atoms with Crippen molar-refractivity contribution in [1.82, 2.24) is 5.32 Å². The van der Waals surface area contributed by atoms with E-state index in [4.69, 9.17) is 4.74 Å². The van der Waals surface area contributed by atoms with Gasteiger partial charge in [-0.3, -0.25) is 4.79 Å². The van der Waals surface area contributed by atoms with Gasteiger partial charge in [-0.25, -0.2) is 0 Å². The third-order valence-corrected chi connectivity index (χ3v) is 3.73. The molecule has 0 radical (unpaired) electrons. The quantitative estimate of drug-likeness (QED) is 0.699. The molecule has 4 nitrogen and oxygen atoms in total. The van der Waals surface area contributed by atoms with Crippen LogP contribution in [0.15, 0.2) is 21.1 Å². The molecule has 0 atom stereocenters. The van der Waals surface area contributed by atoms with Gasteiger partial charge in [-0.2, -0.15) is 0 Å². The Labute approximate surface area is 136 Å². The summed E-state index contributed by atoms with van der Waals surface area (Å²) < 4.78 is 11.9. The van der Waals surface area contributed by atoms with Gasteiger partial charge in [0.25, 0.3) is 0 Å². The minimum absolute atomic E-state index is 0.228. The maximum absolute atomic E-state index is 11.0. The second-order valence-electron chi connectivity index (χ2n) is 4.60. The fraction of sp³-hybridized carbons (Fsp3) is 0.500. The van der Waals surface area contributed by atoms with Crippen LogP contribution in [0.4, 0.5) is 0 Å². The third kappa shape index (κ3) is 5.81. The zero-order chi connectivity index (χ0) is 15.1. The number of hydrogen-bond acceptors (Lipinski definition) is 4. The Kier molecular flexibility index (Phi) is 7.55. The standard InChI is InChI=1S/C14H19Br2NO3/c1-9(2)17-8-10-6-11(15)14(12(16)7-10)20-5-4-13(18)19-3/h6-7,9,17H,4-5,8H2,1-3H3. The Balaban J connectivity index is 2.66. The molecule has 0 saturated carbocycles. The zero-order valence-corrected chi connectivity index (χ0v) is 15.0. The highest BCUT2D eigenvalue weighted by atomic mass is 79.9. The number of benzene rings is 1. The first-order chi connectivity index (χ1) is 9.43. The molecule has 0 fully saturated rings. The van der Waals surface area contributed by atoms with Crippen LogP contribution in [0, 0.1) is 0 Å². The number of halogens is 2. The molecule has 0 spiro atoms. The Bertz CT molecular complexity index is 441. The highest BCUT2D eigenvalue weighted by Crippen LogP contribution is 2.34. The molecule has 1 rings (SSSR count). The van der Waals surface area contributed by atoms with E-state index in [1.165, 1.54) is 7.11 Å². The van der Waals surface area contributed by atoms with E-state index in [9.17, 15) is 4.79 Å². The molecule has 0 aromatic heterocycles. The summed E-state index contributed by atoms with van der Waals surface area (Å²) in [6, 6.07) is 4.45. The molecule has 0 bridgehead atoms. The molecule has 0 aliphatic heterocycles. The lowest BCUT2D eigenvalue weighted by Crippen LogP contribution is -2.21. The second kappa shape index (κ2) is 8.64. The van der Waals surface area contributed by atoms with Crippen LogP contribution in [0.1, 0.15) is 25.8 Å². The summed E-state index contributed by atoms with van der Waals surface area (Å²) >= 11 is 6.98. The molecule has 0 unspecified atom stereocenters. The van der Waals surface area contributed by atoms with E-state index in [1.807, 2.05) is 12.1 Å². The molecular formula is C14H19Br2NO3. The van der Waals surface area contributed by atoms with Crippen molar-refractivity contribution in [3.05, 3.63) is 26.6 Å². The summed E-state index contributed by atoms with van der Waals surface area (Å²) in [4.78, 5) is 11.0. The van der Waals surface area contributed by atoms with Crippen LogP contribution in [0.5, 0.6) is 5.75 Å². The number of rotatable bonds is 7. The van der Waals surface area contributed by atoms with Gasteiger partial charge in [0.1, 0.15) is 5.75 Å². The van der Waals surface area contributed by atoms with Gasteiger partial charge in [-0.15, -0.1) is 0 Å². The molecule has 1 aromatic carbocycles. The van der Waals surface area contributed by atoms with E-state index in [-0.39, 0.29) is 19.0 Å². The van der Waals surface area contributed by atoms with Gasteiger partial charge in [0, 0.05) is 12.6 Å². The lowest BCUT2D eigenvalue weighted by molar-refractivity contribution is -0.141. The maximum atomic E-state index is 11.0. The van der Waals surface area contributed by atoms with Crippen molar-refractivity contribution in [3.8, 4) is 5.75 Å². The van der Waals surface area contributed by atoms with E-state index in [0.29, 0.717) is 11.8 Å². The van der Waals surface area contributed by atoms with Crippen LogP contribution in [-0.4, -0.2) is 25.7 Å². The molecular weight excluding hydrogens is 390 g/mol. The normalized spacial score (nSPS) is 10.7. The van der Waals surface area contributed by atoms with Crippen LogP contribution in [-0.2, 0) is 16.1 Å². The number of carbonyl (C=O) groups is 1. The molecule has 1 aromatic rings. The molecule has 112 valence electrons. The lowest BCUT2D eigenvalue weighted by atomic mass is 10.2. The first kappa shape index (κ1) is 17.5. The fourth-order valence-corrected chi connectivity index (χ4v) is 3.02. The van der Waals surface area contributed by atoms with Crippen molar-refractivity contribution >= 4 is 37.8 Å². The molecule has 1 N–H and O–H groups in total. The van der Waals surface area contributed by atoms with Crippen LogP contribution >= 0.6 is 31.9 Å². The maximum Gasteiger partial charge on any atom is 0.308 e. The Hall–Kier alpha value is -0.590. The smallest absolute Gasteiger partial charge is 0.308 e. The minimum Gasteiger partial charge on any atom is -0.491 e. The van der Waals surface area contributed by atoms with Crippen LogP contribution < -0.4 is 10.1 Å². The lowest BCUT2D eigenvalue weighted by Gasteiger charge is -2.13. The van der Waals surface area contributed by atoms with E-state index >= 15 is 0 Å². The monoisotopic (exact) mass is 407 g/mol. The van der Waals surface area contributed by atoms with E-state index in [2.05, 4.69) is 55.8 Å². The van der Waals surface area contributed by atoms with Crippen molar-refractivity contribution < 1.29 is 14.3 Å². The van der Waals surface area contributed by atoms with Crippen molar-refractivity contribution in [2.75, 3.05) is 13.7 Å². The van der Waals surface area contributed by atoms with Gasteiger partial charge in [0.15, 0.2) is 0 Å². The van der Waals surface area contributed by atoms with E-state index in [0.717, 1.165) is 21.1 Å². The predicted molar refractivity (Wildman–Crippen MR) is 85.9 cm³/mol. The van der Waals surface area contributed by atoms with Gasteiger partial charge in [0.05, 0.1) is 29.1 Å². The molecule has 0 aliphatic carbocycles. The first-order valence-electron chi connectivity index (χ1n) is 6.35. The molecule has 6 heteroatoms. The number of ether oxygens (including phenoxy) is 2. The van der Waals surface area contributed by atoms with Crippen molar-refractivity contribution in [2.24, 2.45) is 0 Å². The highest BCUT2D eigenvalue weighted by molar-refractivity contribution is 9.11. The third-order valence-electron chi connectivity index (χ3n) is 2.55. The topological polar surface area (TPSA) is 47.6 Å². The summed E-state index contributed by atoms with van der Waals surface area (Å²) in [6.45, 7) is 5.29. The Morgan fingerprint density at radius 3 is 2.40 bits per heavy atom. The van der Waals surface area contributed by atoms with Crippen molar-refractivity contribution in [2.45, 2.75) is 32.9 Å². The molecule has 0 saturated heterocycles. The fourth-order valence-electron chi connectivity index (χ4n) is 1.51. The first-order valence-corrected chi connectivity index (χ1v) is 7.93. The molecule has 0 aliphatic rings. The molecule has 20 heavy (non-hydrogen) atoms. The van der Waals surface area contributed by atoms with Crippen molar-refractivity contribution in [1.29, 1.82) is 0 Å². The average Bonchev–Trinajstić information content (AvgIpc) is 2.39. The molecule has 0 amide bonds. The summed E-state index contributed by atoms with van der Waals surface area (Å²) in [7, 11) is 1.37. The van der Waals surface area contributed by atoms with Gasteiger partial charge in [-0.05, 0) is 49.6 Å². The van der Waals surface area contributed by atoms with Gasteiger partial charge < -0.3 is 14.8 Å². The van der Waals surface area contributed by atoms with E-state index in [1.54, 1.807) is 0 Å². The zero-order valence-electron chi connectivity index (χ0n) is 11.8. The summed E-state index contributed by atoms with van der Waals surface area (Å²) in [5, 5.41) is 3.36. The van der Waals surface area contributed by atoms with Crippen molar-refractivity contribution in [3.63, 3.8) is 0 Å². The summed E-state index contributed by atoms with van der Waals surface area (Å²) in [5.41, 5.74) is 1.15. The predicted octanol–water partition coefficient (Wildman–Crippen LogP) is 3.65. The largest absolute Gasteiger partial charge is 0.491 e. The van der Waals surface area contributed by atoms with Gasteiger partial charge in [-0.1, -0.05) is 13.8 Å².